The largest absolute Gasteiger partial charge is 0.0613 e. The van der Waals surface area contributed by atoms with Crippen LogP contribution in [0.1, 0.15) is 38.8 Å². The molecule has 0 spiro atoms. The predicted octanol–water partition coefficient (Wildman–Crippen LogP) is 3.35. The van der Waals surface area contributed by atoms with Crippen LogP contribution in [0.5, 0.6) is 0 Å². The second kappa shape index (κ2) is 3.30. The number of rotatable bonds is 1. The molecule has 1 rings (SSSR count). The Kier molecular flexibility index (Phi) is 2.56. The minimum atomic E-state index is 0.263. The van der Waals surface area contributed by atoms with Gasteiger partial charge >= 0.3 is 0 Å². The van der Waals surface area contributed by atoms with E-state index in [4.69, 9.17) is 0 Å². The summed E-state index contributed by atoms with van der Waals surface area (Å²) in [6.07, 6.45) is 1.07. The van der Waals surface area contributed by atoms with Crippen molar-refractivity contribution in [1.82, 2.24) is 0 Å². The lowest BCUT2D eigenvalue weighted by Gasteiger charge is -2.19. The Bertz CT molecular complexity index is 253. The highest BCUT2D eigenvalue weighted by Crippen LogP contribution is 2.22. The van der Waals surface area contributed by atoms with E-state index in [0.717, 1.165) is 6.42 Å². The van der Waals surface area contributed by atoms with E-state index >= 15 is 0 Å². The highest BCUT2D eigenvalue weighted by molar-refractivity contribution is 5.27. The van der Waals surface area contributed by atoms with Crippen LogP contribution < -0.4 is 0 Å². The fourth-order valence-corrected chi connectivity index (χ4v) is 1.19. The quantitative estimate of drug-likeness (QED) is 0.592. The SMILES string of the molecule is CCc1[c]ccc(C(C)(C)C)c1. The average molecular weight is 161 g/mol. The third kappa shape index (κ3) is 2.10. The van der Waals surface area contributed by atoms with Gasteiger partial charge in [0.25, 0.3) is 0 Å². The third-order valence-electron chi connectivity index (χ3n) is 2.11. The molecule has 0 N–H and O–H groups in total. The summed E-state index contributed by atoms with van der Waals surface area (Å²) in [6, 6.07) is 9.66. The van der Waals surface area contributed by atoms with E-state index in [0.29, 0.717) is 0 Å². The summed E-state index contributed by atoms with van der Waals surface area (Å²) in [7, 11) is 0. The molecule has 0 saturated carbocycles. The number of hydrogen-bond acceptors (Lipinski definition) is 0. The second-order valence-corrected chi connectivity index (χ2v) is 4.21. The molecule has 0 heterocycles. The van der Waals surface area contributed by atoms with Gasteiger partial charge in [-0.3, -0.25) is 0 Å². The Morgan fingerprint density at radius 2 is 2.00 bits per heavy atom. The molecule has 0 bridgehead atoms. The number of aryl methyl sites for hydroxylation is 1. The summed E-state index contributed by atoms with van der Waals surface area (Å²) in [5.74, 6) is 0. The highest BCUT2D eigenvalue weighted by Gasteiger charge is 2.12. The fourth-order valence-electron chi connectivity index (χ4n) is 1.19. The van der Waals surface area contributed by atoms with E-state index in [1.165, 1.54) is 11.1 Å². The molecule has 0 unspecified atom stereocenters. The molecule has 0 amide bonds. The van der Waals surface area contributed by atoms with Crippen LogP contribution >= 0.6 is 0 Å². The van der Waals surface area contributed by atoms with Crippen molar-refractivity contribution in [2.45, 2.75) is 39.5 Å². The van der Waals surface area contributed by atoms with Gasteiger partial charge in [0, 0.05) is 0 Å². The van der Waals surface area contributed by atoms with Gasteiger partial charge < -0.3 is 0 Å². The molecule has 0 fully saturated rings. The van der Waals surface area contributed by atoms with Crippen molar-refractivity contribution in [2.75, 3.05) is 0 Å². The van der Waals surface area contributed by atoms with Crippen molar-refractivity contribution in [2.24, 2.45) is 0 Å². The van der Waals surface area contributed by atoms with Gasteiger partial charge in [-0.25, -0.2) is 0 Å². The van der Waals surface area contributed by atoms with Gasteiger partial charge in [-0.2, -0.15) is 0 Å². The molecule has 12 heavy (non-hydrogen) atoms. The molecule has 0 aromatic heterocycles. The van der Waals surface area contributed by atoms with Gasteiger partial charge in [-0.15, -0.1) is 0 Å². The normalized spacial score (nSPS) is 11.7. The van der Waals surface area contributed by atoms with Crippen LogP contribution in [0.25, 0.3) is 0 Å². The van der Waals surface area contributed by atoms with Crippen LogP contribution in [-0.4, -0.2) is 0 Å². The molecule has 0 aliphatic carbocycles. The van der Waals surface area contributed by atoms with Crippen LogP contribution in [0, 0.1) is 6.07 Å². The fraction of sp³-hybridized carbons (Fsp3) is 0.500. The van der Waals surface area contributed by atoms with Gasteiger partial charge in [-0.05, 0) is 29.0 Å². The highest BCUT2D eigenvalue weighted by atomic mass is 14.2. The van der Waals surface area contributed by atoms with Crippen LogP contribution in [0.2, 0.25) is 0 Å². The van der Waals surface area contributed by atoms with Crippen LogP contribution in [-0.2, 0) is 11.8 Å². The monoisotopic (exact) mass is 161 g/mol. The lowest BCUT2D eigenvalue weighted by atomic mass is 9.86. The number of benzene rings is 1. The van der Waals surface area contributed by atoms with E-state index in [1.54, 1.807) is 0 Å². The number of hydrogen-bond donors (Lipinski definition) is 0. The second-order valence-electron chi connectivity index (χ2n) is 4.21. The first-order chi connectivity index (χ1) is 5.54. The average Bonchev–Trinajstić information content (AvgIpc) is 2.03. The molecule has 1 aromatic rings. The molecule has 0 nitrogen and oxygen atoms in total. The smallest absolute Gasteiger partial charge is 0.0132 e. The van der Waals surface area contributed by atoms with Crippen LogP contribution in [0.4, 0.5) is 0 Å². The summed E-state index contributed by atoms with van der Waals surface area (Å²) in [5.41, 5.74) is 2.97. The van der Waals surface area contributed by atoms with Crippen molar-refractivity contribution in [3.8, 4) is 0 Å². The first-order valence-corrected chi connectivity index (χ1v) is 4.55. The van der Waals surface area contributed by atoms with Crippen molar-refractivity contribution in [1.29, 1.82) is 0 Å². The maximum Gasteiger partial charge on any atom is -0.0132 e. The molecule has 0 aliphatic heterocycles. The first-order valence-electron chi connectivity index (χ1n) is 4.55. The molecular formula is C12H17. The lowest BCUT2D eigenvalue weighted by Crippen LogP contribution is -2.11. The molecule has 0 heteroatoms. The van der Waals surface area contributed by atoms with E-state index in [1.807, 2.05) is 6.07 Å². The maximum absolute atomic E-state index is 3.23. The first kappa shape index (κ1) is 9.31. The molecule has 0 saturated heterocycles. The van der Waals surface area contributed by atoms with Gasteiger partial charge in [-0.1, -0.05) is 45.9 Å². The molecule has 65 valence electrons. The molecule has 0 aliphatic rings. The topological polar surface area (TPSA) is 0 Å². The van der Waals surface area contributed by atoms with Crippen molar-refractivity contribution in [3.05, 3.63) is 35.4 Å². The van der Waals surface area contributed by atoms with Gasteiger partial charge in [0.2, 0.25) is 0 Å². The summed E-state index contributed by atoms with van der Waals surface area (Å²) >= 11 is 0. The minimum Gasteiger partial charge on any atom is -0.0613 e. The Morgan fingerprint density at radius 1 is 1.33 bits per heavy atom. The Balaban J connectivity index is 3.02. The molecule has 1 aromatic carbocycles. The predicted molar refractivity (Wildman–Crippen MR) is 53.4 cm³/mol. The van der Waals surface area contributed by atoms with Gasteiger partial charge in [0.05, 0.1) is 0 Å². The molecular weight excluding hydrogens is 144 g/mol. The summed E-state index contributed by atoms with van der Waals surface area (Å²) in [4.78, 5) is 0. The summed E-state index contributed by atoms with van der Waals surface area (Å²) < 4.78 is 0. The van der Waals surface area contributed by atoms with Crippen LogP contribution in [0.15, 0.2) is 18.2 Å². The minimum absolute atomic E-state index is 0.263. The van der Waals surface area contributed by atoms with E-state index < -0.39 is 0 Å². The summed E-state index contributed by atoms with van der Waals surface area (Å²) in [5, 5.41) is 0. The Hall–Kier alpha value is -0.780. The standard InChI is InChI=1S/C12H17/c1-5-10-7-6-8-11(9-10)12(2,3)4/h6,8-9H,5H2,1-4H3. The zero-order valence-electron chi connectivity index (χ0n) is 8.44. The van der Waals surface area contributed by atoms with E-state index in [2.05, 4.69) is 45.9 Å². The van der Waals surface area contributed by atoms with Crippen molar-refractivity contribution >= 4 is 0 Å². The zero-order chi connectivity index (χ0) is 9.19. The third-order valence-corrected chi connectivity index (χ3v) is 2.11. The Morgan fingerprint density at radius 3 is 2.50 bits per heavy atom. The molecule has 1 radical (unpaired) electrons. The lowest BCUT2D eigenvalue weighted by molar-refractivity contribution is 0.589. The Labute approximate surface area is 75.6 Å². The van der Waals surface area contributed by atoms with Crippen molar-refractivity contribution in [3.63, 3.8) is 0 Å². The maximum atomic E-state index is 3.23. The summed E-state index contributed by atoms with van der Waals surface area (Å²) in [6.45, 7) is 8.88. The molecule has 0 atom stereocenters. The van der Waals surface area contributed by atoms with E-state index in [9.17, 15) is 0 Å². The zero-order valence-corrected chi connectivity index (χ0v) is 8.44. The van der Waals surface area contributed by atoms with Crippen LogP contribution in [0.3, 0.4) is 0 Å². The van der Waals surface area contributed by atoms with Crippen molar-refractivity contribution < 1.29 is 0 Å². The van der Waals surface area contributed by atoms with E-state index in [-0.39, 0.29) is 5.41 Å². The van der Waals surface area contributed by atoms with Gasteiger partial charge in [0.15, 0.2) is 0 Å². The van der Waals surface area contributed by atoms with Gasteiger partial charge in [0.1, 0.15) is 0 Å².